The van der Waals surface area contributed by atoms with Crippen LogP contribution in [0.25, 0.3) is 0 Å². The molecule has 0 amide bonds. The average Bonchev–Trinajstić information content (AvgIpc) is 2.23. The van der Waals surface area contributed by atoms with Crippen LogP contribution in [0.1, 0.15) is 6.92 Å². The third-order valence-corrected chi connectivity index (χ3v) is 3.65. The fraction of sp³-hybridized carbons (Fsp3) is 0.222. The molecule has 94 valence electrons. The first kappa shape index (κ1) is 13.4. The van der Waals surface area contributed by atoms with Crippen molar-refractivity contribution in [3.8, 4) is 0 Å². The van der Waals surface area contributed by atoms with Crippen molar-refractivity contribution in [2.24, 2.45) is 0 Å². The number of halogens is 2. The molecule has 5 nitrogen and oxygen atoms in total. The van der Waals surface area contributed by atoms with E-state index in [-0.39, 0.29) is 0 Å². The minimum absolute atomic E-state index is 0.627. The Morgan fingerprint density at radius 2 is 2.00 bits per heavy atom. The van der Waals surface area contributed by atoms with Gasteiger partial charge in [-0.05, 0) is 19.1 Å². The molecule has 17 heavy (non-hydrogen) atoms. The highest BCUT2D eigenvalue weighted by molar-refractivity contribution is 7.94. The molecule has 0 radical (unpaired) electrons. The van der Waals surface area contributed by atoms with Gasteiger partial charge in [-0.2, -0.15) is 0 Å². The van der Waals surface area contributed by atoms with Crippen LogP contribution in [0.3, 0.4) is 0 Å². The van der Waals surface area contributed by atoms with Crippen molar-refractivity contribution in [2.75, 3.05) is 4.72 Å². The maximum absolute atomic E-state index is 13.1. The quantitative estimate of drug-likeness (QED) is 0.856. The van der Waals surface area contributed by atoms with Gasteiger partial charge >= 0.3 is 5.97 Å². The Morgan fingerprint density at radius 3 is 2.53 bits per heavy atom. The number of hydrogen-bond acceptors (Lipinski definition) is 3. The number of rotatable bonds is 4. The molecule has 1 aromatic rings. The zero-order valence-electron chi connectivity index (χ0n) is 8.65. The molecule has 1 atom stereocenters. The van der Waals surface area contributed by atoms with Gasteiger partial charge in [-0.1, -0.05) is 6.07 Å². The maximum atomic E-state index is 13.1. The number of sulfonamides is 1. The summed E-state index contributed by atoms with van der Waals surface area (Å²) in [4.78, 5) is 10.5. The highest BCUT2D eigenvalue weighted by atomic mass is 32.2. The van der Waals surface area contributed by atoms with Gasteiger partial charge in [0.1, 0.15) is 0 Å². The number of aliphatic carboxylic acids is 1. The lowest BCUT2D eigenvalue weighted by Crippen LogP contribution is -2.32. The van der Waals surface area contributed by atoms with Crippen LogP contribution in [0.4, 0.5) is 14.5 Å². The van der Waals surface area contributed by atoms with Gasteiger partial charge < -0.3 is 5.11 Å². The van der Waals surface area contributed by atoms with Crippen molar-refractivity contribution in [2.45, 2.75) is 12.2 Å². The molecule has 0 fully saturated rings. The minimum atomic E-state index is -4.31. The number of anilines is 1. The van der Waals surface area contributed by atoms with E-state index in [9.17, 15) is 22.0 Å². The summed E-state index contributed by atoms with van der Waals surface area (Å²) in [7, 11) is -4.31. The molecule has 0 heterocycles. The Morgan fingerprint density at radius 1 is 1.41 bits per heavy atom. The van der Waals surface area contributed by atoms with E-state index >= 15 is 0 Å². The van der Waals surface area contributed by atoms with Crippen LogP contribution in [0, 0.1) is 11.6 Å². The number of nitrogens with one attached hydrogen (secondary N) is 1. The molecular formula is C9H9F2NO4S. The molecule has 0 saturated heterocycles. The second-order valence-electron chi connectivity index (χ2n) is 3.23. The van der Waals surface area contributed by atoms with E-state index in [0.29, 0.717) is 0 Å². The van der Waals surface area contributed by atoms with Gasteiger partial charge in [0.2, 0.25) is 10.0 Å². The lowest BCUT2D eigenvalue weighted by atomic mass is 10.3. The van der Waals surface area contributed by atoms with Crippen LogP contribution in [0.15, 0.2) is 18.2 Å². The first-order valence-corrected chi connectivity index (χ1v) is 5.99. The van der Waals surface area contributed by atoms with Gasteiger partial charge in [-0.25, -0.2) is 17.2 Å². The van der Waals surface area contributed by atoms with Crippen LogP contribution >= 0.6 is 0 Å². The van der Waals surface area contributed by atoms with Crippen LogP contribution < -0.4 is 4.72 Å². The summed E-state index contributed by atoms with van der Waals surface area (Å²) < 4.78 is 50.5. The molecule has 0 saturated carbocycles. The van der Waals surface area contributed by atoms with Gasteiger partial charge in [0.05, 0.1) is 5.69 Å². The van der Waals surface area contributed by atoms with Crippen LogP contribution in [-0.4, -0.2) is 24.7 Å². The number of carbonyl (C=O) groups is 1. The molecule has 0 aliphatic carbocycles. The topological polar surface area (TPSA) is 83.5 Å². The van der Waals surface area contributed by atoms with E-state index in [1.807, 2.05) is 0 Å². The van der Waals surface area contributed by atoms with Crippen molar-refractivity contribution >= 4 is 21.7 Å². The van der Waals surface area contributed by atoms with E-state index in [4.69, 9.17) is 5.11 Å². The standard InChI is InChI=1S/C9H9F2NO4S/c1-5(9(13)14)17(15,16)12-7-4-2-3-6(10)8(7)11/h2-5,12H,1H3,(H,13,14). The molecule has 0 aliphatic rings. The Hall–Kier alpha value is -1.70. The summed E-state index contributed by atoms with van der Waals surface area (Å²) >= 11 is 0. The summed E-state index contributed by atoms with van der Waals surface area (Å²) in [6, 6.07) is 2.90. The first-order valence-electron chi connectivity index (χ1n) is 4.44. The molecule has 0 spiro atoms. The van der Waals surface area contributed by atoms with E-state index in [0.717, 1.165) is 25.1 Å². The zero-order chi connectivity index (χ0) is 13.2. The van der Waals surface area contributed by atoms with E-state index < -0.39 is 38.6 Å². The monoisotopic (exact) mass is 265 g/mol. The van der Waals surface area contributed by atoms with Crippen molar-refractivity contribution < 1.29 is 27.1 Å². The van der Waals surface area contributed by atoms with Gasteiger partial charge in [-0.3, -0.25) is 9.52 Å². The lowest BCUT2D eigenvalue weighted by molar-refractivity contribution is -0.136. The van der Waals surface area contributed by atoms with Crippen molar-refractivity contribution in [3.05, 3.63) is 29.8 Å². The van der Waals surface area contributed by atoms with Gasteiger partial charge in [-0.15, -0.1) is 0 Å². The summed E-state index contributed by atoms with van der Waals surface area (Å²) in [5, 5.41) is 6.76. The molecule has 8 heteroatoms. The highest BCUT2D eigenvalue weighted by Gasteiger charge is 2.28. The summed E-state index contributed by atoms with van der Waals surface area (Å²) in [6.45, 7) is 0.919. The normalized spacial score (nSPS) is 13.1. The second-order valence-corrected chi connectivity index (χ2v) is 5.23. The molecule has 1 aromatic carbocycles. The Balaban J connectivity index is 3.07. The van der Waals surface area contributed by atoms with E-state index in [1.54, 1.807) is 4.72 Å². The van der Waals surface area contributed by atoms with Crippen molar-refractivity contribution in [3.63, 3.8) is 0 Å². The predicted octanol–water partition coefficient (Wildman–Crippen LogP) is 1.18. The number of hydrogen-bond donors (Lipinski definition) is 2. The molecular weight excluding hydrogens is 256 g/mol. The minimum Gasteiger partial charge on any atom is -0.480 e. The smallest absolute Gasteiger partial charge is 0.323 e. The molecule has 0 aliphatic heterocycles. The molecule has 1 rings (SSSR count). The molecule has 1 unspecified atom stereocenters. The zero-order valence-corrected chi connectivity index (χ0v) is 9.46. The number of benzene rings is 1. The Kier molecular flexibility index (Phi) is 3.66. The lowest BCUT2D eigenvalue weighted by Gasteiger charge is -2.11. The molecule has 0 aromatic heterocycles. The Bertz CT molecular complexity index is 544. The Labute approximate surface area is 96.1 Å². The van der Waals surface area contributed by atoms with Gasteiger partial charge in [0, 0.05) is 0 Å². The highest BCUT2D eigenvalue weighted by Crippen LogP contribution is 2.19. The van der Waals surface area contributed by atoms with Crippen LogP contribution in [0.5, 0.6) is 0 Å². The molecule has 0 bridgehead atoms. The third kappa shape index (κ3) is 2.90. The third-order valence-electron chi connectivity index (χ3n) is 2.02. The number of carboxylic acids is 1. The summed E-state index contributed by atoms with van der Waals surface area (Å²) in [5.74, 6) is -4.20. The summed E-state index contributed by atoms with van der Waals surface area (Å²) in [5.41, 5.74) is -0.627. The SMILES string of the molecule is CC(C(=O)O)S(=O)(=O)Nc1cccc(F)c1F. The maximum Gasteiger partial charge on any atom is 0.323 e. The van der Waals surface area contributed by atoms with Gasteiger partial charge in [0.25, 0.3) is 0 Å². The largest absolute Gasteiger partial charge is 0.480 e. The van der Waals surface area contributed by atoms with E-state index in [1.165, 1.54) is 0 Å². The summed E-state index contributed by atoms with van der Waals surface area (Å²) in [6.07, 6.45) is 0. The first-order chi connectivity index (χ1) is 7.75. The van der Waals surface area contributed by atoms with E-state index in [2.05, 4.69) is 0 Å². The van der Waals surface area contributed by atoms with Crippen LogP contribution in [0.2, 0.25) is 0 Å². The fourth-order valence-corrected chi connectivity index (χ4v) is 1.86. The molecule has 2 N–H and O–H groups in total. The average molecular weight is 265 g/mol. The fourth-order valence-electron chi connectivity index (χ4n) is 0.957. The number of carboxylic acid groups (broad SMARTS) is 1. The second kappa shape index (κ2) is 4.66. The van der Waals surface area contributed by atoms with Crippen molar-refractivity contribution in [1.29, 1.82) is 0 Å². The van der Waals surface area contributed by atoms with Crippen LogP contribution in [-0.2, 0) is 14.8 Å². The van der Waals surface area contributed by atoms with Gasteiger partial charge in [0.15, 0.2) is 16.9 Å². The van der Waals surface area contributed by atoms with Crippen molar-refractivity contribution in [1.82, 2.24) is 0 Å². The predicted molar refractivity (Wildman–Crippen MR) is 56.0 cm³/mol.